The van der Waals surface area contributed by atoms with E-state index in [2.05, 4.69) is 15.5 Å². The summed E-state index contributed by atoms with van der Waals surface area (Å²) in [5, 5.41) is 3.99. The number of pyridine rings is 1. The van der Waals surface area contributed by atoms with Gasteiger partial charge in [0.15, 0.2) is 0 Å². The summed E-state index contributed by atoms with van der Waals surface area (Å²) in [6.07, 6.45) is 3.12. The van der Waals surface area contributed by atoms with E-state index in [1.807, 2.05) is 30.3 Å². The molecular weight excluding hydrogens is 254 g/mol. The van der Waals surface area contributed by atoms with Gasteiger partial charge in [0, 0.05) is 18.0 Å². The van der Waals surface area contributed by atoms with Crippen LogP contribution in [0.1, 0.15) is 17.3 Å². The Morgan fingerprint density at radius 3 is 2.60 bits per heavy atom. The van der Waals surface area contributed by atoms with Crippen molar-refractivity contribution < 1.29 is 9.53 Å². The second-order valence-electron chi connectivity index (χ2n) is 4.13. The van der Waals surface area contributed by atoms with Gasteiger partial charge in [0.2, 0.25) is 0 Å². The van der Waals surface area contributed by atoms with Gasteiger partial charge in [-0.2, -0.15) is 5.10 Å². The number of hydrogen-bond donors (Lipinski definition) is 1. The van der Waals surface area contributed by atoms with Crippen molar-refractivity contribution in [3.05, 3.63) is 60.4 Å². The van der Waals surface area contributed by atoms with E-state index >= 15 is 0 Å². The molecule has 1 N–H and O–H groups in total. The number of benzene rings is 1. The van der Waals surface area contributed by atoms with E-state index in [4.69, 9.17) is 4.74 Å². The molecule has 0 aliphatic carbocycles. The Labute approximate surface area is 117 Å². The van der Waals surface area contributed by atoms with E-state index in [-0.39, 0.29) is 5.91 Å². The molecule has 0 saturated heterocycles. The first-order valence-electron chi connectivity index (χ1n) is 6.17. The first-order valence-corrected chi connectivity index (χ1v) is 6.17. The van der Waals surface area contributed by atoms with Crippen LogP contribution >= 0.6 is 0 Å². The maximum atomic E-state index is 11.7. The molecule has 0 saturated carbocycles. The third kappa shape index (κ3) is 4.20. The summed E-state index contributed by atoms with van der Waals surface area (Å²) in [4.78, 5) is 15.6. The molecule has 0 aliphatic heterocycles. The first kappa shape index (κ1) is 13.7. The standard InChI is InChI=1S/C15H15N3O2/c1-12(11-20-14-5-3-2-4-6-14)17-18-15(19)13-7-9-16-10-8-13/h2-10H,11H2,1H3,(H,18,19)/b17-12+. The number of carbonyl (C=O) groups is 1. The van der Waals surface area contributed by atoms with E-state index in [1.54, 1.807) is 31.5 Å². The van der Waals surface area contributed by atoms with Crippen molar-refractivity contribution in [2.24, 2.45) is 5.10 Å². The summed E-state index contributed by atoms with van der Waals surface area (Å²) in [6, 6.07) is 12.7. The van der Waals surface area contributed by atoms with Crippen molar-refractivity contribution in [1.82, 2.24) is 10.4 Å². The van der Waals surface area contributed by atoms with Gasteiger partial charge < -0.3 is 4.74 Å². The maximum Gasteiger partial charge on any atom is 0.271 e. The highest BCUT2D eigenvalue weighted by molar-refractivity contribution is 5.95. The van der Waals surface area contributed by atoms with E-state index < -0.39 is 0 Å². The Kier molecular flexibility index (Phi) is 4.83. The highest BCUT2D eigenvalue weighted by Crippen LogP contribution is 2.07. The molecule has 2 aromatic rings. The van der Waals surface area contributed by atoms with Gasteiger partial charge in [-0.05, 0) is 31.2 Å². The number of nitrogens with zero attached hydrogens (tertiary/aromatic N) is 2. The van der Waals surface area contributed by atoms with Crippen molar-refractivity contribution in [3.63, 3.8) is 0 Å². The highest BCUT2D eigenvalue weighted by Gasteiger charge is 2.03. The minimum Gasteiger partial charge on any atom is -0.488 e. The Bertz CT molecular complexity index is 583. The predicted molar refractivity (Wildman–Crippen MR) is 76.7 cm³/mol. The quantitative estimate of drug-likeness (QED) is 0.669. The molecule has 1 aromatic carbocycles. The molecule has 1 amide bonds. The van der Waals surface area contributed by atoms with Gasteiger partial charge in [-0.1, -0.05) is 18.2 Å². The second-order valence-corrected chi connectivity index (χ2v) is 4.13. The summed E-state index contributed by atoms with van der Waals surface area (Å²) < 4.78 is 5.51. The van der Waals surface area contributed by atoms with E-state index in [0.717, 1.165) is 5.75 Å². The average Bonchev–Trinajstić information content (AvgIpc) is 2.52. The lowest BCUT2D eigenvalue weighted by molar-refractivity contribution is 0.0954. The number of nitrogens with one attached hydrogen (secondary N) is 1. The number of para-hydroxylation sites is 1. The van der Waals surface area contributed by atoms with Crippen molar-refractivity contribution in [1.29, 1.82) is 0 Å². The van der Waals surface area contributed by atoms with Crippen LogP contribution in [0.15, 0.2) is 60.0 Å². The number of carbonyl (C=O) groups excluding carboxylic acids is 1. The van der Waals surface area contributed by atoms with Crippen LogP contribution in [-0.2, 0) is 0 Å². The minimum absolute atomic E-state index is 0.272. The molecule has 2 rings (SSSR count). The van der Waals surface area contributed by atoms with Gasteiger partial charge in [-0.25, -0.2) is 5.43 Å². The van der Waals surface area contributed by atoms with E-state index in [1.165, 1.54) is 0 Å². The monoisotopic (exact) mass is 269 g/mol. The van der Waals surface area contributed by atoms with Gasteiger partial charge in [-0.15, -0.1) is 0 Å². The lowest BCUT2D eigenvalue weighted by Gasteiger charge is -2.05. The molecule has 0 radical (unpaired) electrons. The van der Waals surface area contributed by atoms with Crippen LogP contribution in [-0.4, -0.2) is 23.2 Å². The van der Waals surface area contributed by atoms with E-state index in [9.17, 15) is 4.79 Å². The van der Waals surface area contributed by atoms with Gasteiger partial charge in [-0.3, -0.25) is 9.78 Å². The molecule has 1 aromatic heterocycles. The molecule has 5 heteroatoms. The van der Waals surface area contributed by atoms with Crippen LogP contribution in [0, 0.1) is 0 Å². The van der Waals surface area contributed by atoms with Crippen LogP contribution in [0.5, 0.6) is 5.75 Å². The topological polar surface area (TPSA) is 63.6 Å². The number of rotatable bonds is 5. The molecule has 0 atom stereocenters. The van der Waals surface area contributed by atoms with Crippen molar-refractivity contribution >= 4 is 11.6 Å². The zero-order valence-corrected chi connectivity index (χ0v) is 11.1. The van der Waals surface area contributed by atoms with Crippen LogP contribution < -0.4 is 10.2 Å². The normalized spacial score (nSPS) is 10.9. The SMILES string of the molecule is C/C(COc1ccccc1)=N\NC(=O)c1ccncc1. The molecule has 1 heterocycles. The largest absolute Gasteiger partial charge is 0.488 e. The van der Waals surface area contributed by atoms with Crippen LogP contribution in [0.4, 0.5) is 0 Å². The third-order valence-corrected chi connectivity index (χ3v) is 2.48. The van der Waals surface area contributed by atoms with Crippen molar-refractivity contribution in [3.8, 4) is 5.75 Å². The van der Waals surface area contributed by atoms with Crippen molar-refractivity contribution in [2.45, 2.75) is 6.92 Å². The van der Waals surface area contributed by atoms with Crippen LogP contribution in [0.25, 0.3) is 0 Å². The Morgan fingerprint density at radius 1 is 1.20 bits per heavy atom. The highest BCUT2D eigenvalue weighted by atomic mass is 16.5. The lowest BCUT2D eigenvalue weighted by atomic mass is 10.3. The maximum absolute atomic E-state index is 11.7. The molecule has 5 nitrogen and oxygen atoms in total. The fraction of sp³-hybridized carbons (Fsp3) is 0.133. The third-order valence-electron chi connectivity index (χ3n) is 2.48. The number of ether oxygens (including phenoxy) is 1. The lowest BCUT2D eigenvalue weighted by Crippen LogP contribution is -2.21. The smallest absolute Gasteiger partial charge is 0.271 e. The van der Waals surface area contributed by atoms with Crippen LogP contribution in [0.2, 0.25) is 0 Å². The molecule has 0 spiro atoms. The Hall–Kier alpha value is -2.69. The molecule has 20 heavy (non-hydrogen) atoms. The summed E-state index contributed by atoms with van der Waals surface area (Å²) >= 11 is 0. The van der Waals surface area contributed by atoms with Gasteiger partial charge in [0.05, 0.1) is 5.71 Å². The molecular formula is C15H15N3O2. The summed E-state index contributed by atoms with van der Waals surface area (Å²) in [7, 11) is 0. The fourth-order valence-electron chi connectivity index (χ4n) is 1.45. The zero-order valence-electron chi connectivity index (χ0n) is 11.1. The van der Waals surface area contributed by atoms with Gasteiger partial charge in [0.1, 0.15) is 12.4 Å². The van der Waals surface area contributed by atoms with Crippen molar-refractivity contribution in [2.75, 3.05) is 6.61 Å². The molecule has 102 valence electrons. The number of hydrogen-bond acceptors (Lipinski definition) is 4. The molecule has 0 bridgehead atoms. The summed E-state index contributed by atoms with van der Waals surface area (Å²) in [5.74, 6) is 0.494. The second kappa shape index (κ2) is 7.04. The summed E-state index contributed by atoms with van der Waals surface area (Å²) in [5.41, 5.74) is 3.67. The summed E-state index contributed by atoms with van der Waals surface area (Å²) in [6.45, 7) is 2.11. The molecule has 0 unspecified atom stereocenters. The zero-order chi connectivity index (χ0) is 14.2. The first-order chi connectivity index (χ1) is 9.75. The average molecular weight is 269 g/mol. The van der Waals surface area contributed by atoms with Crippen LogP contribution in [0.3, 0.4) is 0 Å². The van der Waals surface area contributed by atoms with Gasteiger partial charge in [0.25, 0.3) is 5.91 Å². The predicted octanol–water partition coefficient (Wildman–Crippen LogP) is 2.27. The number of aromatic nitrogens is 1. The number of hydrazone groups is 1. The number of amides is 1. The van der Waals surface area contributed by atoms with Gasteiger partial charge >= 0.3 is 0 Å². The fourth-order valence-corrected chi connectivity index (χ4v) is 1.45. The minimum atomic E-state index is -0.272. The molecule has 0 fully saturated rings. The Morgan fingerprint density at radius 2 is 1.90 bits per heavy atom. The molecule has 0 aliphatic rings. The Balaban J connectivity index is 1.84. The van der Waals surface area contributed by atoms with E-state index in [0.29, 0.717) is 17.9 Å².